The largest absolute Gasteiger partial charge is 0.302 e. The van der Waals surface area contributed by atoms with Crippen molar-refractivity contribution < 1.29 is 4.79 Å². The molecule has 1 amide bonds. The number of carbonyl (C=O) groups is 1. The number of hydrogen-bond acceptors (Lipinski definition) is 5. The standard InChI is InChI=1S/C11H9N3OS2/c1-5(15)12-11-14-7-3-4-8-9(10(7)17-11)13-6(2)16-8/h3-4H,1-2H3,(H,12,14,15). The lowest BCUT2D eigenvalue weighted by atomic mass is 10.3. The third-order valence-electron chi connectivity index (χ3n) is 2.30. The second-order valence-electron chi connectivity index (χ2n) is 3.69. The number of fused-ring (bicyclic) bond motifs is 3. The molecule has 0 aliphatic rings. The lowest BCUT2D eigenvalue weighted by Crippen LogP contribution is -2.04. The van der Waals surface area contributed by atoms with Gasteiger partial charge < -0.3 is 5.32 Å². The first-order valence-corrected chi connectivity index (χ1v) is 6.71. The van der Waals surface area contributed by atoms with Gasteiger partial charge >= 0.3 is 0 Å². The molecule has 3 aromatic rings. The lowest BCUT2D eigenvalue weighted by molar-refractivity contribution is -0.114. The predicted molar refractivity (Wildman–Crippen MR) is 71.8 cm³/mol. The van der Waals surface area contributed by atoms with Crippen molar-refractivity contribution in [2.24, 2.45) is 0 Å². The molecule has 0 aliphatic heterocycles. The van der Waals surface area contributed by atoms with Gasteiger partial charge in [0, 0.05) is 6.92 Å². The lowest BCUT2D eigenvalue weighted by Gasteiger charge is -1.91. The van der Waals surface area contributed by atoms with Crippen LogP contribution in [0.15, 0.2) is 12.1 Å². The van der Waals surface area contributed by atoms with Crippen LogP contribution >= 0.6 is 22.7 Å². The maximum Gasteiger partial charge on any atom is 0.223 e. The van der Waals surface area contributed by atoms with Crippen LogP contribution in [0.25, 0.3) is 20.4 Å². The van der Waals surface area contributed by atoms with E-state index < -0.39 is 0 Å². The minimum absolute atomic E-state index is 0.102. The van der Waals surface area contributed by atoms with Crippen molar-refractivity contribution in [2.75, 3.05) is 5.32 Å². The highest BCUT2D eigenvalue weighted by atomic mass is 32.1. The Hall–Kier alpha value is -1.53. The van der Waals surface area contributed by atoms with Crippen LogP contribution in [0.1, 0.15) is 11.9 Å². The maximum atomic E-state index is 11.0. The average molecular weight is 263 g/mol. The van der Waals surface area contributed by atoms with Gasteiger partial charge in [0.2, 0.25) is 5.91 Å². The Kier molecular flexibility index (Phi) is 2.34. The summed E-state index contributed by atoms with van der Waals surface area (Å²) in [5.41, 5.74) is 1.87. The van der Waals surface area contributed by atoms with E-state index in [9.17, 15) is 4.79 Å². The fourth-order valence-electron chi connectivity index (χ4n) is 1.69. The second-order valence-corrected chi connectivity index (χ2v) is 5.93. The van der Waals surface area contributed by atoms with E-state index in [0.29, 0.717) is 5.13 Å². The van der Waals surface area contributed by atoms with Crippen molar-refractivity contribution in [3.05, 3.63) is 17.1 Å². The van der Waals surface area contributed by atoms with E-state index in [4.69, 9.17) is 0 Å². The average Bonchev–Trinajstić information content (AvgIpc) is 2.77. The molecule has 0 radical (unpaired) electrons. The van der Waals surface area contributed by atoms with E-state index in [1.54, 1.807) is 11.3 Å². The Balaban J connectivity index is 2.26. The SMILES string of the molecule is CC(=O)Nc1nc2ccc3sc(C)nc3c2s1. The number of aryl methyl sites for hydroxylation is 1. The normalized spacial score (nSPS) is 11.2. The molecule has 0 saturated heterocycles. The molecule has 2 aromatic heterocycles. The quantitative estimate of drug-likeness (QED) is 0.733. The zero-order valence-corrected chi connectivity index (χ0v) is 10.9. The molecule has 0 atom stereocenters. The summed E-state index contributed by atoms with van der Waals surface area (Å²) >= 11 is 3.14. The number of aromatic nitrogens is 2. The molecule has 0 saturated carbocycles. The third kappa shape index (κ3) is 1.79. The minimum atomic E-state index is -0.102. The summed E-state index contributed by atoms with van der Waals surface area (Å²) in [5, 5.41) is 4.38. The monoisotopic (exact) mass is 263 g/mol. The van der Waals surface area contributed by atoms with Crippen molar-refractivity contribution >= 4 is 54.1 Å². The van der Waals surface area contributed by atoms with Crippen LogP contribution in [0.5, 0.6) is 0 Å². The Morgan fingerprint density at radius 1 is 1.29 bits per heavy atom. The molecule has 0 spiro atoms. The molecule has 0 unspecified atom stereocenters. The summed E-state index contributed by atoms with van der Waals surface area (Å²) in [5.74, 6) is -0.102. The smallest absolute Gasteiger partial charge is 0.223 e. The first-order chi connectivity index (χ1) is 8.13. The second kappa shape index (κ2) is 3.75. The highest BCUT2D eigenvalue weighted by molar-refractivity contribution is 7.24. The molecule has 4 nitrogen and oxygen atoms in total. The zero-order valence-electron chi connectivity index (χ0n) is 9.27. The molecule has 0 fully saturated rings. The Bertz CT molecular complexity index is 729. The van der Waals surface area contributed by atoms with Gasteiger partial charge in [-0.25, -0.2) is 9.97 Å². The van der Waals surface area contributed by atoms with E-state index in [2.05, 4.69) is 15.3 Å². The molecule has 1 N–H and O–H groups in total. The fraction of sp³-hybridized carbons (Fsp3) is 0.182. The van der Waals surface area contributed by atoms with E-state index in [1.807, 2.05) is 19.1 Å². The summed E-state index contributed by atoms with van der Waals surface area (Å²) in [6.07, 6.45) is 0. The van der Waals surface area contributed by atoms with Crippen LogP contribution < -0.4 is 5.32 Å². The summed E-state index contributed by atoms with van der Waals surface area (Å²) in [4.78, 5) is 19.9. The van der Waals surface area contributed by atoms with Crippen molar-refractivity contribution in [3.63, 3.8) is 0 Å². The summed E-state index contributed by atoms with van der Waals surface area (Å²) < 4.78 is 2.20. The van der Waals surface area contributed by atoms with Crippen LogP contribution in [0.3, 0.4) is 0 Å². The molecule has 3 rings (SSSR count). The molecule has 2 heterocycles. The Labute approximate surface area is 105 Å². The van der Waals surface area contributed by atoms with Crippen LogP contribution in [-0.4, -0.2) is 15.9 Å². The summed E-state index contributed by atoms with van der Waals surface area (Å²) in [6.45, 7) is 3.47. The van der Waals surface area contributed by atoms with Gasteiger partial charge in [-0.1, -0.05) is 11.3 Å². The number of thiazole rings is 2. The third-order valence-corrected chi connectivity index (χ3v) is 4.23. The molecule has 6 heteroatoms. The highest BCUT2D eigenvalue weighted by Crippen LogP contribution is 2.34. The number of rotatable bonds is 1. The topological polar surface area (TPSA) is 54.9 Å². The van der Waals surface area contributed by atoms with Crippen LogP contribution in [0.4, 0.5) is 5.13 Å². The number of anilines is 1. The van der Waals surface area contributed by atoms with E-state index >= 15 is 0 Å². The summed E-state index contributed by atoms with van der Waals surface area (Å²) in [6, 6.07) is 4.00. The number of carbonyl (C=O) groups excluding carboxylic acids is 1. The number of amides is 1. The number of nitrogens with one attached hydrogen (secondary N) is 1. The van der Waals surface area contributed by atoms with Gasteiger partial charge in [-0.05, 0) is 19.1 Å². The first-order valence-electron chi connectivity index (χ1n) is 5.08. The van der Waals surface area contributed by atoms with Crippen LogP contribution in [-0.2, 0) is 4.79 Å². The van der Waals surface area contributed by atoms with Gasteiger partial charge in [0.05, 0.1) is 19.9 Å². The van der Waals surface area contributed by atoms with Crippen molar-refractivity contribution in [2.45, 2.75) is 13.8 Å². The van der Waals surface area contributed by atoms with E-state index in [-0.39, 0.29) is 5.91 Å². The van der Waals surface area contributed by atoms with E-state index in [0.717, 1.165) is 25.4 Å². The van der Waals surface area contributed by atoms with Gasteiger partial charge in [0.25, 0.3) is 0 Å². The molecule has 1 aromatic carbocycles. The van der Waals surface area contributed by atoms with Crippen LogP contribution in [0.2, 0.25) is 0 Å². The van der Waals surface area contributed by atoms with Crippen molar-refractivity contribution in [3.8, 4) is 0 Å². The van der Waals surface area contributed by atoms with Crippen molar-refractivity contribution in [1.82, 2.24) is 9.97 Å². The van der Waals surface area contributed by atoms with Gasteiger partial charge in [-0.2, -0.15) is 0 Å². The first kappa shape index (κ1) is 10.6. The zero-order chi connectivity index (χ0) is 12.0. The number of nitrogens with zero attached hydrogens (tertiary/aromatic N) is 2. The Morgan fingerprint density at radius 3 is 2.88 bits per heavy atom. The molecule has 0 bridgehead atoms. The highest BCUT2D eigenvalue weighted by Gasteiger charge is 2.11. The van der Waals surface area contributed by atoms with Gasteiger partial charge in [-0.3, -0.25) is 4.79 Å². The van der Waals surface area contributed by atoms with Gasteiger partial charge in [0.1, 0.15) is 5.52 Å². The minimum Gasteiger partial charge on any atom is -0.302 e. The number of benzene rings is 1. The summed E-state index contributed by atoms with van der Waals surface area (Å²) in [7, 11) is 0. The molecule has 86 valence electrons. The number of hydrogen-bond donors (Lipinski definition) is 1. The van der Waals surface area contributed by atoms with Gasteiger partial charge in [-0.15, -0.1) is 11.3 Å². The predicted octanol–water partition coefficient (Wildman–Crippen LogP) is 3.17. The van der Waals surface area contributed by atoms with Crippen LogP contribution in [0, 0.1) is 6.92 Å². The van der Waals surface area contributed by atoms with Gasteiger partial charge in [0.15, 0.2) is 5.13 Å². The van der Waals surface area contributed by atoms with Crippen molar-refractivity contribution in [1.29, 1.82) is 0 Å². The van der Waals surface area contributed by atoms with E-state index in [1.165, 1.54) is 18.3 Å². The molecule has 17 heavy (non-hydrogen) atoms. The Morgan fingerprint density at radius 2 is 2.12 bits per heavy atom. The molecular weight excluding hydrogens is 254 g/mol. The molecule has 0 aliphatic carbocycles. The maximum absolute atomic E-state index is 11.0. The fourth-order valence-corrected chi connectivity index (χ4v) is 3.59. The molecular formula is C11H9N3OS2.